The SMILES string of the molecule is C[C@@H]1CCCCN1Cc1c(C(=O)N/N=C/c2cccc(I)c2)nnn1-c1nonc1N. The van der Waals surface area contributed by atoms with Gasteiger partial charge in [-0.15, -0.1) is 5.10 Å². The van der Waals surface area contributed by atoms with E-state index in [0.29, 0.717) is 18.3 Å². The van der Waals surface area contributed by atoms with Crippen molar-refractivity contribution in [3.05, 3.63) is 44.8 Å². The van der Waals surface area contributed by atoms with Crippen molar-refractivity contribution < 1.29 is 9.42 Å². The smallest absolute Gasteiger partial charge is 0.293 e. The van der Waals surface area contributed by atoms with Gasteiger partial charge < -0.3 is 5.73 Å². The minimum Gasteiger partial charge on any atom is -0.378 e. The number of hydrazone groups is 1. The van der Waals surface area contributed by atoms with Gasteiger partial charge in [0.05, 0.1) is 11.9 Å². The van der Waals surface area contributed by atoms with Crippen LogP contribution in [0.3, 0.4) is 0 Å². The van der Waals surface area contributed by atoms with Gasteiger partial charge in [0.25, 0.3) is 5.91 Å². The fourth-order valence-corrected chi connectivity index (χ4v) is 4.09. The summed E-state index contributed by atoms with van der Waals surface area (Å²) >= 11 is 2.22. The Morgan fingerprint density at radius 2 is 2.29 bits per heavy atom. The van der Waals surface area contributed by atoms with Crippen LogP contribution in [0.2, 0.25) is 0 Å². The molecule has 1 aliphatic heterocycles. The lowest BCUT2D eigenvalue weighted by molar-refractivity contribution is 0.0945. The highest BCUT2D eigenvalue weighted by molar-refractivity contribution is 14.1. The quantitative estimate of drug-likeness (QED) is 0.278. The Labute approximate surface area is 192 Å². The van der Waals surface area contributed by atoms with Crippen LogP contribution in [0.1, 0.15) is 47.9 Å². The summed E-state index contributed by atoms with van der Waals surface area (Å²) in [6, 6.07) is 8.13. The third-order valence-corrected chi connectivity index (χ3v) is 5.87. The number of benzene rings is 1. The fraction of sp³-hybridized carbons (Fsp3) is 0.368. The first-order valence-corrected chi connectivity index (χ1v) is 11.0. The van der Waals surface area contributed by atoms with Crippen molar-refractivity contribution in [1.82, 2.24) is 35.6 Å². The topological polar surface area (TPSA) is 140 Å². The maximum atomic E-state index is 12.9. The minimum atomic E-state index is -0.470. The summed E-state index contributed by atoms with van der Waals surface area (Å²) in [5, 5.41) is 19.6. The molecule has 0 bridgehead atoms. The first-order valence-electron chi connectivity index (χ1n) is 9.89. The number of carbonyl (C=O) groups excluding carboxylic acids is 1. The molecule has 31 heavy (non-hydrogen) atoms. The Balaban J connectivity index is 1.59. The molecule has 1 amide bonds. The number of halogens is 1. The van der Waals surface area contributed by atoms with Crippen molar-refractivity contribution in [2.45, 2.75) is 38.8 Å². The summed E-state index contributed by atoms with van der Waals surface area (Å²) in [7, 11) is 0. The first kappa shape index (κ1) is 21.4. The lowest BCUT2D eigenvalue weighted by atomic mass is 10.0. The number of likely N-dealkylation sites (tertiary alicyclic amines) is 1. The molecule has 0 aliphatic carbocycles. The lowest BCUT2D eigenvalue weighted by Gasteiger charge is -2.33. The fourth-order valence-electron chi connectivity index (χ4n) is 3.52. The number of nitrogen functional groups attached to an aromatic ring is 1. The second-order valence-corrected chi connectivity index (χ2v) is 8.58. The van der Waals surface area contributed by atoms with Crippen molar-refractivity contribution in [3.63, 3.8) is 0 Å². The first-order chi connectivity index (χ1) is 15.0. The van der Waals surface area contributed by atoms with Gasteiger partial charge in [-0.2, -0.15) is 9.78 Å². The monoisotopic (exact) mass is 535 g/mol. The number of nitrogens with two attached hydrogens (primary N) is 1. The third-order valence-electron chi connectivity index (χ3n) is 5.20. The number of nitrogens with one attached hydrogen (secondary N) is 1. The van der Waals surface area contributed by atoms with Gasteiger partial charge >= 0.3 is 0 Å². The zero-order valence-corrected chi connectivity index (χ0v) is 19.1. The number of anilines is 1. The molecular weight excluding hydrogens is 513 g/mol. The van der Waals surface area contributed by atoms with E-state index in [2.05, 4.69) is 65.6 Å². The van der Waals surface area contributed by atoms with Crippen LogP contribution in [-0.2, 0) is 6.54 Å². The number of hydrogen-bond acceptors (Lipinski definition) is 9. The van der Waals surface area contributed by atoms with Crippen molar-refractivity contribution in [3.8, 4) is 5.82 Å². The van der Waals surface area contributed by atoms with Gasteiger partial charge in [0.2, 0.25) is 11.6 Å². The van der Waals surface area contributed by atoms with Crippen LogP contribution < -0.4 is 11.2 Å². The molecule has 11 nitrogen and oxygen atoms in total. The van der Waals surface area contributed by atoms with E-state index in [1.165, 1.54) is 11.1 Å². The molecule has 3 heterocycles. The largest absolute Gasteiger partial charge is 0.378 e. The van der Waals surface area contributed by atoms with Gasteiger partial charge in [-0.05, 0) is 76.9 Å². The number of amides is 1. The van der Waals surface area contributed by atoms with Gasteiger partial charge in [-0.1, -0.05) is 23.8 Å². The van der Waals surface area contributed by atoms with E-state index in [9.17, 15) is 4.79 Å². The molecule has 0 radical (unpaired) electrons. The molecule has 1 aromatic carbocycles. The Morgan fingerprint density at radius 1 is 1.42 bits per heavy atom. The molecule has 0 spiro atoms. The highest BCUT2D eigenvalue weighted by atomic mass is 127. The summed E-state index contributed by atoms with van der Waals surface area (Å²) < 4.78 is 7.19. The van der Waals surface area contributed by atoms with E-state index in [0.717, 1.165) is 28.5 Å². The van der Waals surface area contributed by atoms with E-state index in [4.69, 9.17) is 10.4 Å². The van der Waals surface area contributed by atoms with Gasteiger partial charge in [-0.3, -0.25) is 9.69 Å². The molecule has 1 atom stereocenters. The summed E-state index contributed by atoms with van der Waals surface area (Å²) in [6.45, 7) is 3.55. The number of hydrogen-bond donors (Lipinski definition) is 2. The average Bonchev–Trinajstić information content (AvgIpc) is 3.35. The molecule has 162 valence electrons. The van der Waals surface area contributed by atoms with Crippen molar-refractivity contribution >= 4 is 40.5 Å². The zero-order valence-electron chi connectivity index (χ0n) is 16.9. The van der Waals surface area contributed by atoms with Crippen LogP contribution >= 0.6 is 22.6 Å². The Bertz CT molecular complexity index is 1090. The van der Waals surface area contributed by atoms with Crippen LogP contribution in [0.5, 0.6) is 0 Å². The molecule has 1 aliphatic rings. The lowest BCUT2D eigenvalue weighted by Crippen LogP contribution is -2.38. The molecular formula is C19H22IN9O2. The van der Waals surface area contributed by atoms with E-state index in [1.807, 2.05) is 24.3 Å². The van der Waals surface area contributed by atoms with Gasteiger partial charge in [0, 0.05) is 16.2 Å². The molecule has 3 aromatic rings. The number of nitrogens with zero attached hydrogens (tertiary/aromatic N) is 7. The molecule has 0 unspecified atom stereocenters. The minimum absolute atomic E-state index is 0.0708. The second-order valence-electron chi connectivity index (χ2n) is 7.34. The van der Waals surface area contributed by atoms with Crippen LogP contribution in [0.15, 0.2) is 34.0 Å². The van der Waals surface area contributed by atoms with E-state index in [-0.39, 0.29) is 17.3 Å². The van der Waals surface area contributed by atoms with Gasteiger partial charge in [0.15, 0.2) is 5.69 Å². The highest BCUT2D eigenvalue weighted by Crippen LogP contribution is 2.22. The van der Waals surface area contributed by atoms with Gasteiger partial charge in [-0.25, -0.2) is 10.1 Å². The standard InChI is InChI=1S/C19H22IN9O2/c1-12-5-2-3-8-28(12)11-15-16(23-27-29(15)18-17(21)25-31-26-18)19(30)24-22-10-13-6-4-7-14(20)9-13/h4,6-7,9-10,12H,2-3,5,8,11H2,1H3,(H2,21,25)(H,24,30)/b22-10+/t12-/m1/s1. The van der Waals surface area contributed by atoms with Crippen molar-refractivity contribution in [1.29, 1.82) is 0 Å². The van der Waals surface area contributed by atoms with Crippen LogP contribution in [-0.4, -0.2) is 54.9 Å². The molecule has 1 fully saturated rings. The predicted molar refractivity (Wildman–Crippen MR) is 122 cm³/mol. The maximum Gasteiger partial charge on any atom is 0.293 e. The third kappa shape index (κ3) is 4.90. The van der Waals surface area contributed by atoms with Gasteiger partial charge in [0.1, 0.15) is 0 Å². The second kappa shape index (κ2) is 9.51. The summed E-state index contributed by atoms with van der Waals surface area (Å²) in [5.41, 5.74) is 9.96. The summed E-state index contributed by atoms with van der Waals surface area (Å²) in [4.78, 5) is 15.1. The molecule has 12 heteroatoms. The van der Waals surface area contributed by atoms with Crippen molar-refractivity contribution in [2.24, 2.45) is 5.10 Å². The highest BCUT2D eigenvalue weighted by Gasteiger charge is 2.27. The number of piperidine rings is 1. The van der Waals surface area contributed by atoms with E-state index < -0.39 is 5.91 Å². The molecule has 3 N–H and O–H groups in total. The maximum absolute atomic E-state index is 12.9. The Hall–Kier alpha value is -2.87. The van der Waals surface area contributed by atoms with Crippen LogP contribution in [0.4, 0.5) is 5.82 Å². The molecule has 1 saturated heterocycles. The summed E-state index contributed by atoms with van der Waals surface area (Å²) in [5.74, 6) is -0.196. The van der Waals surface area contributed by atoms with Crippen LogP contribution in [0, 0.1) is 3.57 Å². The Morgan fingerprint density at radius 3 is 3.03 bits per heavy atom. The summed E-state index contributed by atoms with van der Waals surface area (Å²) in [6.07, 6.45) is 4.96. The molecule has 2 aromatic heterocycles. The average molecular weight is 535 g/mol. The van der Waals surface area contributed by atoms with E-state index in [1.54, 1.807) is 6.21 Å². The Kier molecular flexibility index (Phi) is 6.56. The normalized spacial score (nSPS) is 17.3. The molecule has 0 saturated carbocycles. The van der Waals surface area contributed by atoms with E-state index >= 15 is 0 Å². The number of aromatic nitrogens is 5. The number of carbonyl (C=O) groups is 1. The van der Waals surface area contributed by atoms with Crippen LogP contribution in [0.25, 0.3) is 5.82 Å². The zero-order chi connectivity index (χ0) is 21.8. The molecule has 4 rings (SSSR count). The number of rotatable bonds is 6. The van der Waals surface area contributed by atoms with Crippen molar-refractivity contribution in [2.75, 3.05) is 12.3 Å². The predicted octanol–water partition coefficient (Wildman–Crippen LogP) is 1.98.